The van der Waals surface area contributed by atoms with Gasteiger partial charge in [-0.1, -0.05) is 12.1 Å². The number of para-hydroxylation sites is 1. The van der Waals surface area contributed by atoms with Crippen molar-refractivity contribution in [1.29, 1.82) is 0 Å². The molecule has 2 aromatic carbocycles. The molecule has 0 saturated carbocycles. The summed E-state index contributed by atoms with van der Waals surface area (Å²) in [5.41, 5.74) is 0.196. The maximum Gasteiger partial charge on any atom is 0.309 e. The molecule has 168 valence electrons. The number of hydrogen-bond acceptors (Lipinski definition) is 6. The number of aromatic nitrogens is 2. The van der Waals surface area contributed by atoms with Gasteiger partial charge in [0.2, 0.25) is 10.0 Å². The van der Waals surface area contributed by atoms with Gasteiger partial charge >= 0.3 is 5.97 Å². The van der Waals surface area contributed by atoms with E-state index in [0.717, 1.165) is 12.1 Å². The number of ether oxygens (including phenoxy) is 1. The van der Waals surface area contributed by atoms with E-state index in [1.165, 1.54) is 16.4 Å². The second-order valence-electron chi connectivity index (χ2n) is 7.68. The van der Waals surface area contributed by atoms with Gasteiger partial charge in [-0.25, -0.2) is 17.8 Å². The van der Waals surface area contributed by atoms with E-state index in [-0.39, 0.29) is 29.4 Å². The van der Waals surface area contributed by atoms with Gasteiger partial charge < -0.3 is 9.72 Å². The number of aromatic amines is 1. The average Bonchev–Trinajstić information content (AvgIpc) is 2.79. The van der Waals surface area contributed by atoms with Crippen LogP contribution < -0.4 is 5.56 Å². The van der Waals surface area contributed by atoms with Crippen LogP contribution in [0.5, 0.6) is 0 Å². The van der Waals surface area contributed by atoms with Crippen molar-refractivity contribution in [3.63, 3.8) is 0 Å². The van der Waals surface area contributed by atoms with Gasteiger partial charge in [0.25, 0.3) is 5.56 Å². The molecule has 1 N–H and O–H groups in total. The predicted octanol–water partition coefficient (Wildman–Crippen LogP) is 2.77. The number of H-pyrrole nitrogens is 1. The molecule has 0 aliphatic carbocycles. The fourth-order valence-corrected chi connectivity index (χ4v) is 5.18. The lowest BCUT2D eigenvalue weighted by Gasteiger charge is -2.30. The van der Waals surface area contributed by atoms with Gasteiger partial charge in [0.05, 0.1) is 21.7 Å². The maximum atomic E-state index is 13.1. The Morgan fingerprint density at radius 2 is 1.81 bits per heavy atom. The normalized spacial score (nSPS) is 16.7. The number of fused-ring (bicyclic) bond motifs is 1. The molecule has 1 atom stereocenters. The molecular formula is C22H22FN3O5S. The Morgan fingerprint density at radius 3 is 2.50 bits per heavy atom. The van der Waals surface area contributed by atoms with Gasteiger partial charge in [-0.15, -0.1) is 0 Å². The topological polar surface area (TPSA) is 109 Å². The fourth-order valence-electron chi connectivity index (χ4n) is 3.71. The zero-order chi connectivity index (χ0) is 22.9. The van der Waals surface area contributed by atoms with Gasteiger partial charge in [0.1, 0.15) is 5.82 Å². The highest BCUT2D eigenvalue weighted by molar-refractivity contribution is 7.89. The first-order valence-corrected chi connectivity index (χ1v) is 11.6. The molecule has 0 amide bonds. The Morgan fingerprint density at radius 1 is 1.16 bits per heavy atom. The molecule has 1 saturated heterocycles. The smallest absolute Gasteiger partial charge is 0.309 e. The number of rotatable bonds is 5. The average molecular weight is 459 g/mol. The minimum Gasteiger partial charge on any atom is -0.454 e. The molecule has 0 radical (unpaired) electrons. The highest BCUT2D eigenvalue weighted by Gasteiger charge is 2.33. The molecule has 0 unspecified atom stereocenters. The van der Waals surface area contributed by atoms with Crippen LogP contribution in [0.3, 0.4) is 0 Å². The summed E-state index contributed by atoms with van der Waals surface area (Å²) in [6.45, 7) is 1.93. The van der Waals surface area contributed by atoms with Crippen molar-refractivity contribution in [3.05, 3.63) is 70.5 Å². The standard InChI is InChI=1S/C22H22FN3O5S/c1-14(20-24-19-5-3-2-4-18(19)21(27)25-20)31-22(28)15-10-12-26(13-11-15)32(29,30)17-8-6-16(23)7-9-17/h2-9,14-15H,10-13H2,1H3,(H,24,25,27)/t14-/m0/s1. The number of nitrogens with zero attached hydrogens (tertiary/aromatic N) is 2. The number of sulfonamides is 1. The van der Waals surface area contributed by atoms with Gasteiger partial charge in [0.15, 0.2) is 11.9 Å². The fraction of sp³-hybridized carbons (Fsp3) is 0.318. The molecular weight excluding hydrogens is 437 g/mol. The van der Waals surface area contributed by atoms with E-state index in [1.54, 1.807) is 31.2 Å². The third-order valence-electron chi connectivity index (χ3n) is 5.55. The number of carbonyl (C=O) groups excluding carboxylic acids is 1. The summed E-state index contributed by atoms with van der Waals surface area (Å²) in [4.78, 5) is 31.9. The summed E-state index contributed by atoms with van der Waals surface area (Å²) < 4.78 is 45.3. The number of benzene rings is 2. The number of nitrogens with one attached hydrogen (secondary N) is 1. The van der Waals surface area contributed by atoms with Gasteiger partial charge in [-0.05, 0) is 56.2 Å². The van der Waals surface area contributed by atoms with Crippen LogP contribution in [-0.2, 0) is 19.6 Å². The van der Waals surface area contributed by atoms with Crippen LogP contribution in [0.25, 0.3) is 10.9 Å². The first-order chi connectivity index (χ1) is 15.3. The summed E-state index contributed by atoms with van der Waals surface area (Å²) in [7, 11) is -3.75. The predicted molar refractivity (Wildman–Crippen MR) is 115 cm³/mol. The largest absolute Gasteiger partial charge is 0.454 e. The molecule has 0 bridgehead atoms. The minimum absolute atomic E-state index is 0.0138. The molecule has 3 aromatic rings. The lowest BCUT2D eigenvalue weighted by molar-refractivity contribution is -0.155. The second-order valence-corrected chi connectivity index (χ2v) is 9.62. The van der Waals surface area contributed by atoms with E-state index in [1.807, 2.05) is 0 Å². The lowest BCUT2D eigenvalue weighted by atomic mass is 9.98. The SMILES string of the molecule is C[C@H](OC(=O)C1CCN(S(=O)(=O)c2ccc(F)cc2)CC1)c1nc2ccccc2c(=O)[nH]1. The monoisotopic (exact) mass is 459 g/mol. The lowest BCUT2D eigenvalue weighted by Crippen LogP contribution is -2.40. The van der Waals surface area contributed by atoms with Crippen LogP contribution in [-0.4, -0.2) is 41.7 Å². The number of esters is 1. The minimum atomic E-state index is -3.75. The molecule has 4 rings (SSSR count). The first-order valence-electron chi connectivity index (χ1n) is 10.2. The van der Waals surface area contributed by atoms with Crippen LogP contribution in [0, 0.1) is 11.7 Å². The van der Waals surface area contributed by atoms with E-state index < -0.39 is 33.8 Å². The molecule has 1 aliphatic heterocycles. The van der Waals surface area contributed by atoms with E-state index in [2.05, 4.69) is 9.97 Å². The zero-order valence-electron chi connectivity index (χ0n) is 17.3. The molecule has 1 aliphatic rings. The Bertz CT molecular complexity index is 1300. The number of piperidine rings is 1. The van der Waals surface area contributed by atoms with Crippen molar-refractivity contribution in [1.82, 2.24) is 14.3 Å². The Labute approximate surface area is 184 Å². The zero-order valence-corrected chi connectivity index (χ0v) is 18.1. The third kappa shape index (κ3) is 4.42. The van der Waals surface area contributed by atoms with Crippen molar-refractivity contribution in [2.45, 2.75) is 30.8 Å². The van der Waals surface area contributed by atoms with Crippen molar-refractivity contribution in [2.75, 3.05) is 13.1 Å². The Balaban J connectivity index is 1.39. The highest BCUT2D eigenvalue weighted by Crippen LogP contribution is 2.26. The molecule has 8 nitrogen and oxygen atoms in total. The van der Waals surface area contributed by atoms with Crippen molar-refractivity contribution >= 4 is 26.9 Å². The molecule has 0 spiro atoms. The number of halogens is 1. The van der Waals surface area contributed by atoms with Crippen molar-refractivity contribution in [2.24, 2.45) is 5.92 Å². The van der Waals surface area contributed by atoms with Crippen LogP contribution in [0.2, 0.25) is 0 Å². The van der Waals surface area contributed by atoms with Crippen LogP contribution >= 0.6 is 0 Å². The summed E-state index contributed by atoms with van der Waals surface area (Å²) in [5.74, 6) is -1.20. The molecule has 1 aromatic heterocycles. The summed E-state index contributed by atoms with van der Waals surface area (Å²) in [5, 5.41) is 0.449. The second kappa shape index (κ2) is 8.79. The van der Waals surface area contributed by atoms with Gasteiger partial charge in [-0.2, -0.15) is 4.31 Å². The Kier molecular flexibility index (Phi) is 6.07. The molecule has 10 heteroatoms. The molecule has 32 heavy (non-hydrogen) atoms. The van der Waals surface area contributed by atoms with Crippen LogP contribution in [0.1, 0.15) is 31.7 Å². The van der Waals surface area contributed by atoms with Gasteiger partial charge in [0, 0.05) is 13.1 Å². The Hall–Kier alpha value is -3.11. The maximum absolute atomic E-state index is 13.1. The summed E-state index contributed by atoms with van der Waals surface area (Å²) in [6.07, 6.45) is -0.165. The van der Waals surface area contributed by atoms with Crippen molar-refractivity contribution < 1.29 is 22.3 Å². The number of hydrogen-bond donors (Lipinski definition) is 1. The van der Waals surface area contributed by atoms with Crippen LogP contribution in [0.4, 0.5) is 4.39 Å². The summed E-state index contributed by atoms with van der Waals surface area (Å²) >= 11 is 0. The molecule has 2 heterocycles. The van der Waals surface area contributed by atoms with E-state index in [4.69, 9.17) is 4.74 Å². The van der Waals surface area contributed by atoms with E-state index >= 15 is 0 Å². The van der Waals surface area contributed by atoms with E-state index in [9.17, 15) is 22.4 Å². The third-order valence-corrected chi connectivity index (χ3v) is 7.46. The first kappa shape index (κ1) is 22.1. The van der Waals surface area contributed by atoms with Crippen molar-refractivity contribution in [3.8, 4) is 0 Å². The number of carbonyl (C=O) groups is 1. The van der Waals surface area contributed by atoms with E-state index in [0.29, 0.717) is 23.7 Å². The quantitative estimate of drug-likeness (QED) is 0.588. The summed E-state index contributed by atoms with van der Waals surface area (Å²) in [6, 6.07) is 11.5. The van der Waals surface area contributed by atoms with Crippen LogP contribution in [0.15, 0.2) is 58.2 Å². The van der Waals surface area contributed by atoms with Gasteiger partial charge in [-0.3, -0.25) is 9.59 Å². The highest BCUT2D eigenvalue weighted by atomic mass is 32.2. The molecule has 1 fully saturated rings.